The Labute approximate surface area is 503 Å². The van der Waals surface area contributed by atoms with E-state index in [0.717, 1.165) is 103 Å². The van der Waals surface area contributed by atoms with Crippen molar-refractivity contribution in [1.29, 1.82) is 0 Å². The van der Waals surface area contributed by atoms with Crippen LogP contribution in [0.15, 0.2) is 85.1 Å². The summed E-state index contributed by atoms with van der Waals surface area (Å²) in [4.78, 5) is 38.4. The zero-order valence-corrected chi connectivity index (χ0v) is 53.8. The Hall–Kier alpha value is -3.41. The molecule has 81 heavy (non-hydrogen) atoms. The number of ether oxygens (including phenoxy) is 3. The number of esters is 3. The molecule has 6 heteroatoms. The van der Waals surface area contributed by atoms with E-state index in [1.807, 2.05) is 0 Å². The Kier molecular flexibility index (Phi) is 66.2. The molecule has 0 radical (unpaired) electrons. The normalized spacial score (nSPS) is 12.6. The van der Waals surface area contributed by atoms with E-state index in [2.05, 4.69) is 106 Å². The molecular formula is C75H132O6. The van der Waals surface area contributed by atoms with Gasteiger partial charge in [-0.25, -0.2) is 0 Å². The number of hydrogen-bond donors (Lipinski definition) is 0. The highest BCUT2D eigenvalue weighted by Gasteiger charge is 2.19. The fraction of sp³-hybridized carbons (Fsp3) is 0.773. The van der Waals surface area contributed by atoms with Crippen LogP contribution < -0.4 is 0 Å². The van der Waals surface area contributed by atoms with E-state index in [-0.39, 0.29) is 31.1 Å². The molecule has 6 nitrogen and oxygen atoms in total. The van der Waals surface area contributed by atoms with Gasteiger partial charge in [-0.05, 0) is 116 Å². The fourth-order valence-electron chi connectivity index (χ4n) is 10.1. The number of allylic oxidation sites excluding steroid dienone is 14. The van der Waals surface area contributed by atoms with Crippen molar-refractivity contribution >= 4 is 17.9 Å². The zero-order valence-electron chi connectivity index (χ0n) is 53.8. The van der Waals surface area contributed by atoms with Crippen LogP contribution in [0.25, 0.3) is 0 Å². The van der Waals surface area contributed by atoms with Crippen LogP contribution in [0.3, 0.4) is 0 Å². The van der Waals surface area contributed by atoms with E-state index < -0.39 is 6.10 Å². The number of carbonyl (C=O) groups excluding carboxylic acids is 3. The van der Waals surface area contributed by atoms with Gasteiger partial charge >= 0.3 is 17.9 Å². The molecule has 0 aromatic rings. The van der Waals surface area contributed by atoms with E-state index >= 15 is 0 Å². The van der Waals surface area contributed by atoms with Crippen LogP contribution in [0.5, 0.6) is 0 Å². The minimum atomic E-state index is -0.794. The summed E-state index contributed by atoms with van der Waals surface area (Å²) in [5.74, 6) is -0.910. The highest BCUT2D eigenvalue weighted by molar-refractivity contribution is 5.71. The Morgan fingerprint density at radius 1 is 0.259 bits per heavy atom. The number of rotatable bonds is 64. The predicted molar refractivity (Wildman–Crippen MR) is 353 cm³/mol. The molecule has 0 saturated carbocycles. The number of unbranched alkanes of at least 4 members (excludes halogenated alkanes) is 39. The Balaban J connectivity index is 4.28. The molecule has 0 N–H and O–H groups in total. The van der Waals surface area contributed by atoms with Crippen molar-refractivity contribution in [1.82, 2.24) is 0 Å². The molecule has 0 spiro atoms. The van der Waals surface area contributed by atoms with E-state index in [4.69, 9.17) is 14.2 Å². The molecule has 0 fully saturated rings. The van der Waals surface area contributed by atoms with Gasteiger partial charge in [0.2, 0.25) is 0 Å². The lowest BCUT2D eigenvalue weighted by atomic mass is 10.0. The second-order valence-electron chi connectivity index (χ2n) is 23.4. The first-order valence-corrected chi connectivity index (χ1v) is 35.1. The first-order valence-electron chi connectivity index (χ1n) is 35.1. The third kappa shape index (κ3) is 67.3. The van der Waals surface area contributed by atoms with E-state index in [0.29, 0.717) is 19.3 Å². The lowest BCUT2D eigenvalue weighted by molar-refractivity contribution is -0.167. The van der Waals surface area contributed by atoms with Gasteiger partial charge in [0.15, 0.2) is 6.10 Å². The second-order valence-corrected chi connectivity index (χ2v) is 23.4. The maximum atomic E-state index is 12.9. The summed E-state index contributed by atoms with van der Waals surface area (Å²) in [6, 6.07) is 0. The molecule has 468 valence electrons. The number of hydrogen-bond acceptors (Lipinski definition) is 6. The summed E-state index contributed by atoms with van der Waals surface area (Å²) < 4.78 is 16.9. The highest BCUT2D eigenvalue weighted by Crippen LogP contribution is 2.17. The summed E-state index contributed by atoms with van der Waals surface area (Å²) in [5, 5.41) is 0. The number of carbonyl (C=O) groups is 3. The Bertz CT molecular complexity index is 1530. The largest absolute Gasteiger partial charge is 0.462 e. The molecule has 0 aromatic heterocycles. The van der Waals surface area contributed by atoms with Crippen LogP contribution in [0.2, 0.25) is 0 Å². The Morgan fingerprint density at radius 3 is 0.778 bits per heavy atom. The maximum Gasteiger partial charge on any atom is 0.306 e. The van der Waals surface area contributed by atoms with Crippen molar-refractivity contribution in [3.05, 3.63) is 85.1 Å². The molecule has 0 saturated heterocycles. The molecule has 0 rings (SSSR count). The molecule has 0 aliphatic rings. The summed E-state index contributed by atoms with van der Waals surface area (Å²) in [5.41, 5.74) is 0. The smallest absolute Gasteiger partial charge is 0.306 e. The van der Waals surface area contributed by atoms with Crippen LogP contribution in [0, 0.1) is 0 Å². The highest BCUT2D eigenvalue weighted by atomic mass is 16.6. The second kappa shape index (κ2) is 69.1. The van der Waals surface area contributed by atoms with E-state index in [1.165, 1.54) is 212 Å². The van der Waals surface area contributed by atoms with Gasteiger partial charge in [-0.1, -0.05) is 305 Å². The van der Waals surface area contributed by atoms with Gasteiger partial charge in [-0.3, -0.25) is 14.4 Å². The summed E-state index contributed by atoms with van der Waals surface area (Å²) in [6.07, 6.45) is 91.9. The Morgan fingerprint density at radius 2 is 0.481 bits per heavy atom. The van der Waals surface area contributed by atoms with Crippen LogP contribution in [-0.4, -0.2) is 37.2 Å². The molecule has 1 unspecified atom stereocenters. The van der Waals surface area contributed by atoms with Crippen molar-refractivity contribution in [2.24, 2.45) is 0 Å². The minimum absolute atomic E-state index is 0.0871. The lowest BCUT2D eigenvalue weighted by Gasteiger charge is -2.18. The van der Waals surface area contributed by atoms with Gasteiger partial charge in [0.1, 0.15) is 13.2 Å². The average molecular weight is 1130 g/mol. The van der Waals surface area contributed by atoms with Gasteiger partial charge in [-0.15, -0.1) is 0 Å². The van der Waals surface area contributed by atoms with Gasteiger partial charge in [0, 0.05) is 19.3 Å². The topological polar surface area (TPSA) is 78.9 Å². The average Bonchev–Trinajstić information content (AvgIpc) is 3.46. The van der Waals surface area contributed by atoms with Gasteiger partial charge < -0.3 is 14.2 Å². The van der Waals surface area contributed by atoms with Crippen LogP contribution in [-0.2, 0) is 28.6 Å². The predicted octanol–water partition coefficient (Wildman–Crippen LogP) is 24.2. The monoisotopic (exact) mass is 1130 g/mol. The summed E-state index contributed by atoms with van der Waals surface area (Å²) >= 11 is 0. The minimum Gasteiger partial charge on any atom is -0.462 e. The van der Waals surface area contributed by atoms with Gasteiger partial charge in [0.25, 0.3) is 0 Å². The van der Waals surface area contributed by atoms with Crippen LogP contribution >= 0.6 is 0 Å². The quantitative estimate of drug-likeness (QED) is 0.0261. The third-order valence-electron chi connectivity index (χ3n) is 15.4. The van der Waals surface area contributed by atoms with Crippen molar-refractivity contribution in [3.8, 4) is 0 Å². The molecule has 0 bridgehead atoms. The SMILES string of the molecule is CC/C=C\C/C=C\C/C=C\CCCCCC(=O)OCC(COC(=O)CCCCCCCCCCCCCCCCC/C=C\CCCCCCCCCC)OC(=O)CCCCCCCCCC/C=C\C/C=C\C/C=C\CCCCCCC. The molecule has 0 aromatic carbocycles. The third-order valence-corrected chi connectivity index (χ3v) is 15.4. The molecule has 0 aliphatic heterocycles. The zero-order chi connectivity index (χ0) is 58.5. The molecule has 0 heterocycles. The first kappa shape index (κ1) is 77.6. The molecule has 0 aliphatic carbocycles. The maximum absolute atomic E-state index is 12.9. The molecular weight excluding hydrogens is 997 g/mol. The first-order chi connectivity index (χ1) is 40.0. The van der Waals surface area contributed by atoms with Crippen molar-refractivity contribution in [2.45, 2.75) is 361 Å². The standard InChI is InChI=1S/C75H132O6/c1-4-7-10-13-16-19-22-25-27-29-31-33-35-36-37-38-40-41-43-45-47-50-53-56-59-62-65-68-74(77)80-71-72(70-79-73(76)67-64-61-58-55-52-49-24-21-18-15-12-9-6-3)81-75(78)69-66-63-60-57-54-51-48-46-44-42-39-34-32-30-28-26-23-20-17-14-11-8-5-2/h9,12,18,21,23,26,29-32,39,42,49,52,72H,4-8,10-11,13-17,19-20,22,24-25,27-28,33-38,40-41,43-48,50-51,53-71H2,1-3H3/b12-9-,21-18-,26-23-,31-29-,32-30-,42-39-,52-49-. The summed E-state index contributed by atoms with van der Waals surface area (Å²) in [7, 11) is 0. The lowest BCUT2D eigenvalue weighted by Crippen LogP contribution is -2.30. The van der Waals surface area contributed by atoms with Crippen LogP contribution in [0.1, 0.15) is 355 Å². The fourth-order valence-corrected chi connectivity index (χ4v) is 10.1. The molecule has 1 atom stereocenters. The van der Waals surface area contributed by atoms with E-state index in [9.17, 15) is 14.4 Å². The van der Waals surface area contributed by atoms with Gasteiger partial charge in [0.05, 0.1) is 0 Å². The van der Waals surface area contributed by atoms with Crippen LogP contribution in [0.4, 0.5) is 0 Å². The van der Waals surface area contributed by atoms with Gasteiger partial charge in [-0.2, -0.15) is 0 Å². The summed E-state index contributed by atoms with van der Waals surface area (Å²) in [6.45, 7) is 6.53. The van der Waals surface area contributed by atoms with Crippen molar-refractivity contribution in [3.63, 3.8) is 0 Å². The molecule has 0 amide bonds. The van der Waals surface area contributed by atoms with E-state index in [1.54, 1.807) is 0 Å². The van der Waals surface area contributed by atoms with Crippen molar-refractivity contribution in [2.75, 3.05) is 13.2 Å². The van der Waals surface area contributed by atoms with Crippen molar-refractivity contribution < 1.29 is 28.6 Å².